The highest BCUT2D eigenvalue weighted by molar-refractivity contribution is 9.11. The molecule has 2 N–H and O–H groups in total. The molecule has 0 amide bonds. The number of esters is 2. The maximum Gasteiger partial charge on any atom is 0.336 e. The van der Waals surface area contributed by atoms with E-state index in [1.165, 1.54) is 24.3 Å². The van der Waals surface area contributed by atoms with Crippen LogP contribution in [0.3, 0.4) is 0 Å². The zero-order chi connectivity index (χ0) is 41.8. The molecule has 300 valence electrons. The third-order valence-electron chi connectivity index (χ3n) is 9.19. The lowest BCUT2D eigenvalue weighted by Crippen LogP contribution is -2.39. The molecule has 2 heterocycles. The molecule has 14 nitrogen and oxygen atoms in total. The Labute approximate surface area is 350 Å². The highest BCUT2D eigenvalue weighted by atomic mass is 79.9. The molecule has 16 heteroatoms. The molecular weight excluding hydrogens is 880 g/mol. The molecule has 0 spiro atoms. The van der Waals surface area contributed by atoms with E-state index in [-0.39, 0.29) is 43.3 Å². The Balaban J connectivity index is 1.28. The van der Waals surface area contributed by atoms with E-state index >= 15 is 0 Å². The highest BCUT2D eigenvalue weighted by Gasteiger charge is 2.41. The summed E-state index contributed by atoms with van der Waals surface area (Å²) in [7, 11) is 0. The molecule has 2 aliphatic rings. The maximum absolute atomic E-state index is 13.5. The van der Waals surface area contributed by atoms with Gasteiger partial charge in [0.1, 0.15) is 11.5 Å². The van der Waals surface area contributed by atoms with Gasteiger partial charge in [0.05, 0.1) is 42.3 Å². The first-order valence-corrected chi connectivity index (χ1v) is 19.6. The van der Waals surface area contributed by atoms with Crippen LogP contribution in [0.1, 0.15) is 49.9 Å². The van der Waals surface area contributed by atoms with E-state index < -0.39 is 33.0 Å². The minimum Gasteiger partial charge on any atom is -0.479 e. The molecule has 0 fully saturated rings. The minimum absolute atomic E-state index is 0.0857. The number of benzene rings is 4. The minimum atomic E-state index is -1.29. The van der Waals surface area contributed by atoms with Crippen LogP contribution in [0, 0.1) is 20.2 Å². The van der Waals surface area contributed by atoms with Gasteiger partial charge >= 0.3 is 11.9 Å². The van der Waals surface area contributed by atoms with Gasteiger partial charge in [0.2, 0.25) is 0 Å². The van der Waals surface area contributed by atoms with E-state index in [1.807, 2.05) is 60.7 Å². The third kappa shape index (κ3) is 9.40. The van der Waals surface area contributed by atoms with Crippen molar-refractivity contribution in [2.75, 3.05) is 13.1 Å². The Morgan fingerprint density at radius 1 is 0.655 bits per heavy atom. The molecule has 0 unspecified atom stereocenters. The van der Waals surface area contributed by atoms with Crippen molar-refractivity contribution in [3.05, 3.63) is 160 Å². The smallest absolute Gasteiger partial charge is 0.336 e. The van der Waals surface area contributed by atoms with Crippen LogP contribution in [0.2, 0.25) is 0 Å². The molecule has 0 aromatic heterocycles. The van der Waals surface area contributed by atoms with E-state index in [2.05, 4.69) is 42.5 Å². The van der Waals surface area contributed by atoms with Crippen molar-refractivity contribution in [2.45, 2.75) is 51.7 Å². The SMILES string of the molecule is CC1(C)Oc2cc([N+](=O)[O-])c(Br)cc2C(NCCc2ccccc2)=C1OC(=O)/C=C\C(=O)OC1=C(NCCc2ccccc2)c2cc(Br)c([N+](=O)[O-])cc2OC1(C)C. The summed E-state index contributed by atoms with van der Waals surface area (Å²) in [6.45, 7) is 7.43. The summed E-state index contributed by atoms with van der Waals surface area (Å²) in [6, 6.07) is 25.1. The Bertz CT molecular complexity index is 2210. The summed E-state index contributed by atoms with van der Waals surface area (Å²) in [6.07, 6.45) is 3.06. The van der Waals surface area contributed by atoms with E-state index in [1.54, 1.807) is 27.7 Å². The lowest BCUT2D eigenvalue weighted by atomic mass is 9.96. The van der Waals surface area contributed by atoms with Crippen LogP contribution < -0.4 is 20.1 Å². The largest absolute Gasteiger partial charge is 0.479 e. The summed E-state index contributed by atoms with van der Waals surface area (Å²) in [5.41, 5.74) is 0.732. The molecule has 0 saturated heterocycles. The molecule has 0 bridgehead atoms. The van der Waals surface area contributed by atoms with Gasteiger partial charge in [-0.15, -0.1) is 0 Å². The lowest BCUT2D eigenvalue weighted by Gasteiger charge is -2.36. The average Bonchev–Trinajstić information content (AvgIpc) is 3.17. The Kier molecular flexibility index (Phi) is 12.4. The van der Waals surface area contributed by atoms with Gasteiger partial charge < -0.3 is 29.6 Å². The van der Waals surface area contributed by atoms with Crippen molar-refractivity contribution < 1.29 is 38.4 Å². The van der Waals surface area contributed by atoms with Gasteiger partial charge in [-0.1, -0.05) is 60.7 Å². The van der Waals surface area contributed by atoms with Gasteiger partial charge in [-0.2, -0.15) is 0 Å². The highest BCUT2D eigenvalue weighted by Crippen LogP contribution is 2.46. The second kappa shape index (κ2) is 17.2. The Morgan fingerprint density at radius 3 is 1.36 bits per heavy atom. The summed E-state index contributed by atoms with van der Waals surface area (Å²) < 4.78 is 24.5. The molecular formula is C42H38Br2N4O10. The number of fused-ring (bicyclic) bond motifs is 2. The molecule has 6 rings (SSSR count). The number of halogens is 2. The number of nitrogens with one attached hydrogen (secondary N) is 2. The van der Waals surface area contributed by atoms with Crippen LogP contribution in [0.15, 0.2) is 118 Å². The zero-order valence-corrected chi connectivity index (χ0v) is 35.0. The normalized spacial score (nSPS) is 15.1. The van der Waals surface area contributed by atoms with Gasteiger partial charge in [-0.3, -0.25) is 20.2 Å². The second-order valence-corrected chi connectivity index (χ2v) is 16.0. The first-order chi connectivity index (χ1) is 27.5. The summed E-state index contributed by atoms with van der Waals surface area (Å²) in [5, 5.41) is 30.2. The van der Waals surface area contributed by atoms with Crippen LogP contribution in [-0.2, 0) is 31.9 Å². The van der Waals surface area contributed by atoms with Crippen LogP contribution in [0.4, 0.5) is 11.4 Å². The van der Waals surface area contributed by atoms with Gasteiger partial charge in [0, 0.05) is 36.4 Å². The summed E-state index contributed by atoms with van der Waals surface area (Å²) in [5.74, 6) is -1.26. The number of rotatable bonds is 14. The molecule has 4 aromatic rings. The number of carbonyl (C=O) groups is 2. The fraction of sp³-hybridized carbons (Fsp3) is 0.238. The zero-order valence-electron chi connectivity index (χ0n) is 31.8. The maximum atomic E-state index is 13.5. The number of nitrogens with zero attached hydrogens (tertiary/aromatic N) is 2. The van der Waals surface area contributed by atoms with Gasteiger partial charge in [0.25, 0.3) is 11.4 Å². The summed E-state index contributed by atoms with van der Waals surface area (Å²) in [4.78, 5) is 49.4. The van der Waals surface area contributed by atoms with Crippen molar-refractivity contribution in [2.24, 2.45) is 0 Å². The van der Waals surface area contributed by atoms with Crippen molar-refractivity contribution >= 4 is 66.6 Å². The van der Waals surface area contributed by atoms with Crippen molar-refractivity contribution in [1.29, 1.82) is 0 Å². The third-order valence-corrected chi connectivity index (χ3v) is 10.5. The number of carbonyl (C=O) groups excluding carboxylic acids is 2. The van der Waals surface area contributed by atoms with E-state index in [4.69, 9.17) is 18.9 Å². The van der Waals surface area contributed by atoms with Crippen LogP contribution in [0.5, 0.6) is 11.5 Å². The quantitative estimate of drug-likeness (QED) is 0.0532. The first-order valence-electron chi connectivity index (χ1n) is 18.1. The van der Waals surface area contributed by atoms with Gasteiger partial charge in [-0.05, 0) is 95.7 Å². The van der Waals surface area contributed by atoms with E-state index in [0.29, 0.717) is 48.5 Å². The van der Waals surface area contributed by atoms with Crippen molar-refractivity contribution in [3.8, 4) is 11.5 Å². The predicted molar refractivity (Wildman–Crippen MR) is 222 cm³/mol. The molecule has 58 heavy (non-hydrogen) atoms. The average molecular weight is 919 g/mol. The molecule has 2 aliphatic heterocycles. The monoisotopic (exact) mass is 916 g/mol. The summed E-state index contributed by atoms with van der Waals surface area (Å²) >= 11 is 6.57. The van der Waals surface area contributed by atoms with Crippen LogP contribution in [-0.4, -0.2) is 46.1 Å². The van der Waals surface area contributed by atoms with Crippen molar-refractivity contribution in [1.82, 2.24) is 10.6 Å². The van der Waals surface area contributed by atoms with E-state index in [9.17, 15) is 29.8 Å². The lowest BCUT2D eigenvalue weighted by molar-refractivity contribution is -0.385. The molecule has 0 atom stereocenters. The molecule has 0 saturated carbocycles. The van der Waals surface area contributed by atoms with Crippen LogP contribution in [0.25, 0.3) is 11.4 Å². The predicted octanol–water partition coefficient (Wildman–Crippen LogP) is 8.71. The molecule has 0 radical (unpaired) electrons. The van der Waals surface area contributed by atoms with Gasteiger partial charge in [-0.25, -0.2) is 9.59 Å². The molecule has 4 aromatic carbocycles. The topological polar surface area (TPSA) is 181 Å². The fourth-order valence-electron chi connectivity index (χ4n) is 6.47. The standard InChI is InChI=1S/C42H38Br2N4O10/c1-41(2)39(37(45-19-17-25-11-7-5-8-12-25)27-21-29(43)31(47(51)52)23-33(27)57-41)55-35(49)15-16-36(50)56-40-38(46-20-18-26-13-9-6-10-14-26)28-22-30(44)32(48(53)54)24-34(28)58-42(40,3)4/h5-16,21-24,45-46H,17-20H2,1-4H3/b16-15-. The number of hydrogen-bond acceptors (Lipinski definition) is 12. The number of hydrogen-bond donors (Lipinski definition) is 2. The molecule has 0 aliphatic carbocycles. The van der Waals surface area contributed by atoms with Crippen molar-refractivity contribution in [3.63, 3.8) is 0 Å². The van der Waals surface area contributed by atoms with Crippen LogP contribution >= 0.6 is 31.9 Å². The Morgan fingerprint density at radius 2 is 1.02 bits per heavy atom. The van der Waals surface area contributed by atoms with E-state index in [0.717, 1.165) is 23.3 Å². The second-order valence-electron chi connectivity index (χ2n) is 14.2. The number of nitro benzene ring substituents is 2. The fourth-order valence-corrected chi connectivity index (χ4v) is 7.45. The first kappa shape index (κ1) is 41.6. The van der Waals surface area contributed by atoms with Gasteiger partial charge in [0.15, 0.2) is 22.7 Å². The number of ether oxygens (including phenoxy) is 4. The Hall–Kier alpha value is -6.00. The number of nitro groups is 2.